The predicted octanol–water partition coefficient (Wildman–Crippen LogP) is 3.59. The van der Waals surface area contributed by atoms with Crippen LogP contribution in [0, 0.1) is 5.92 Å². The van der Waals surface area contributed by atoms with E-state index in [1.165, 1.54) is 15.4 Å². The molecule has 4 heterocycles. The van der Waals surface area contributed by atoms with Crippen LogP contribution in [0.3, 0.4) is 0 Å². The summed E-state index contributed by atoms with van der Waals surface area (Å²) in [4.78, 5) is 21.1. The molecule has 9 nitrogen and oxygen atoms in total. The highest BCUT2D eigenvalue weighted by Gasteiger charge is 2.51. The van der Waals surface area contributed by atoms with Crippen molar-refractivity contribution in [2.24, 2.45) is 13.0 Å². The number of halogens is 3. The lowest BCUT2D eigenvalue weighted by atomic mass is 10.0. The lowest BCUT2D eigenvalue weighted by Crippen LogP contribution is -2.44. The van der Waals surface area contributed by atoms with Crippen molar-refractivity contribution in [3.05, 3.63) is 46.1 Å². The molecule has 0 radical (unpaired) electrons. The van der Waals surface area contributed by atoms with E-state index in [2.05, 4.69) is 25.7 Å². The second-order valence-electron chi connectivity index (χ2n) is 8.37. The minimum atomic E-state index is -3.10. The zero-order chi connectivity index (χ0) is 22.9. The number of hydrogen-bond donors (Lipinski definition) is 2. The average Bonchev–Trinajstić information content (AvgIpc) is 3.52. The smallest absolute Gasteiger partial charge is 0.301 e. The second kappa shape index (κ2) is 7.01. The van der Waals surface area contributed by atoms with Crippen LogP contribution in [0.1, 0.15) is 12.8 Å². The van der Waals surface area contributed by atoms with Gasteiger partial charge in [0.2, 0.25) is 5.75 Å². The van der Waals surface area contributed by atoms with Crippen LogP contribution >= 0.6 is 11.6 Å². The van der Waals surface area contributed by atoms with E-state index in [4.69, 9.17) is 16.3 Å². The Bertz CT molecular complexity index is 1480. The lowest BCUT2D eigenvalue weighted by molar-refractivity contribution is -0.0579. The number of aromatic nitrogens is 5. The number of rotatable bonds is 3. The fraction of sp³-hybridized carbons (Fsp3) is 0.333. The molecule has 2 aliphatic rings. The van der Waals surface area contributed by atoms with Crippen LogP contribution in [0.5, 0.6) is 5.75 Å². The monoisotopic (exact) mass is 473 g/mol. The molecule has 1 atom stereocenters. The van der Waals surface area contributed by atoms with Gasteiger partial charge in [0.1, 0.15) is 17.3 Å². The molecule has 12 heteroatoms. The minimum Gasteiger partial charge on any atom is -0.480 e. The van der Waals surface area contributed by atoms with E-state index in [0.29, 0.717) is 28.2 Å². The van der Waals surface area contributed by atoms with E-state index in [1.807, 2.05) is 0 Å². The van der Waals surface area contributed by atoms with Gasteiger partial charge in [-0.2, -0.15) is 19.6 Å². The van der Waals surface area contributed by atoms with Crippen molar-refractivity contribution in [2.45, 2.75) is 24.8 Å². The Balaban J connectivity index is 1.50. The molecular formula is C21H18ClF2N7O2. The number of alkyl halides is 2. The van der Waals surface area contributed by atoms with Gasteiger partial charge in [-0.05, 0) is 37.0 Å². The Morgan fingerprint density at radius 3 is 2.91 bits per heavy atom. The van der Waals surface area contributed by atoms with Gasteiger partial charge in [-0.3, -0.25) is 4.79 Å². The first kappa shape index (κ1) is 20.2. The number of pyridine rings is 1. The summed E-state index contributed by atoms with van der Waals surface area (Å²) < 4.78 is 37.9. The van der Waals surface area contributed by atoms with Crippen LogP contribution in [-0.2, 0) is 7.05 Å². The first-order valence-electron chi connectivity index (χ1n) is 10.4. The summed E-state index contributed by atoms with van der Waals surface area (Å²) in [5.74, 6) is -2.51. The summed E-state index contributed by atoms with van der Waals surface area (Å²) >= 11 is 6.10. The first-order chi connectivity index (χ1) is 15.8. The molecule has 0 spiro atoms. The van der Waals surface area contributed by atoms with Crippen molar-refractivity contribution in [1.82, 2.24) is 24.1 Å². The van der Waals surface area contributed by atoms with E-state index in [0.717, 1.165) is 12.8 Å². The minimum absolute atomic E-state index is 0.101. The third-order valence-corrected chi connectivity index (χ3v) is 6.30. The van der Waals surface area contributed by atoms with Gasteiger partial charge in [-0.25, -0.2) is 8.78 Å². The molecule has 4 aromatic rings. The van der Waals surface area contributed by atoms with Gasteiger partial charge in [-0.15, -0.1) is 0 Å². The first-order valence-corrected chi connectivity index (χ1v) is 10.8. The Kier molecular flexibility index (Phi) is 4.28. The highest BCUT2D eigenvalue weighted by atomic mass is 35.5. The van der Waals surface area contributed by atoms with Crippen LogP contribution in [0.2, 0.25) is 5.15 Å². The molecule has 170 valence electrons. The number of benzene rings is 1. The van der Waals surface area contributed by atoms with E-state index in [1.54, 1.807) is 31.3 Å². The molecule has 1 aliphatic heterocycles. The number of nitrogens with zero attached hydrogens (tertiary/aromatic N) is 5. The lowest BCUT2D eigenvalue weighted by Gasteiger charge is -2.25. The maximum atomic E-state index is 14.8. The third kappa shape index (κ3) is 3.26. The molecule has 1 fully saturated rings. The molecule has 1 aromatic carbocycles. The quantitative estimate of drug-likeness (QED) is 0.439. The van der Waals surface area contributed by atoms with E-state index < -0.39 is 24.1 Å². The molecule has 1 saturated carbocycles. The number of aryl methyl sites for hydroxylation is 1. The van der Waals surface area contributed by atoms with Crippen molar-refractivity contribution in [2.75, 3.05) is 17.2 Å². The van der Waals surface area contributed by atoms with E-state index in [9.17, 15) is 13.6 Å². The molecule has 0 saturated heterocycles. The SMILES string of the molecule is Cn1c(=O)c2c(c3cc(Nc4cc(Cl)nc5ncnn45)ccc31)N[C@@H](C1CC1)C(F)(F)CO2. The predicted molar refractivity (Wildman–Crippen MR) is 119 cm³/mol. The Labute approximate surface area is 190 Å². The summed E-state index contributed by atoms with van der Waals surface area (Å²) in [5, 5.41) is 11.1. The zero-order valence-electron chi connectivity index (χ0n) is 17.3. The highest BCUT2D eigenvalue weighted by Crippen LogP contribution is 2.45. The van der Waals surface area contributed by atoms with Crippen molar-refractivity contribution in [3.63, 3.8) is 0 Å². The standard InChI is InChI=1S/C21H18ClF2N7O2/c1-30-13-5-4-11(27-15-7-14(22)28-20-25-9-26-31(15)20)6-12(13)16-17(19(30)32)33-8-21(23,24)18(29-16)10-2-3-10/h4-7,9-10,18,27,29H,2-3,8H2,1H3/t18-/m0/s1. The molecule has 0 bridgehead atoms. The summed E-state index contributed by atoms with van der Waals surface area (Å²) in [6.45, 7) is -0.841. The number of hydrogen-bond acceptors (Lipinski definition) is 7. The highest BCUT2D eigenvalue weighted by molar-refractivity contribution is 6.29. The number of ether oxygens (including phenoxy) is 1. The van der Waals surface area contributed by atoms with E-state index >= 15 is 0 Å². The largest absolute Gasteiger partial charge is 0.480 e. The van der Waals surface area contributed by atoms with Crippen LogP contribution in [0.4, 0.5) is 26.0 Å². The van der Waals surface area contributed by atoms with E-state index in [-0.39, 0.29) is 22.5 Å². The van der Waals surface area contributed by atoms with Crippen molar-refractivity contribution >= 4 is 45.5 Å². The van der Waals surface area contributed by atoms with Gasteiger partial charge in [0.25, 0.3) is 11.3 Å². The summed E-state index contributed by atoms with van der Waals surface area (Å²) in [7, 11) is 1.59. The van der Waals surface area contributed by atoms with Crippen molar-refractivity contribution in [1.29, 1.82) is 0 Å². The summed E-state index contributed by atoms with van der Waals surface area (Å²) in [6, 6.07) is 5.79. The topological polar surface area (TPSA) is 98.4 Å². The van der Waals surface area contributed by atoms with Crippen LogP contribution in [0.25, 0.3) is 16.7 Å². The maximum Gasteiger partial charge on any atom is 0.301 e. The van der Waals surface area contributed by atoms with Gasteiger partial charge in [0.05, 0.1) is 17.2 Å². The molecule has 33 heavy (non-hydrogen) atoms. The fourth-order valence-corrected chi connectivity index (χ4v) is 4.49. The zero-order valence-corrected chi connectivity index (χ0v) is 18.1. The van der Waals surface area contributed by atoms with Gasteiger partial charge < -0.3 is 19.9 Å². The van der Waals surface area contributed by atoms with Crippen molar-refractivity contribution in [3.8, 4) is 5.75 Å². The van der Waals surface area contributed by atoms with Gasteiger partial charge in [0, 0.05) is 24.2 Å². The Morgan fingerprint density at radius 1 is 1.30 bits per heavy atom. The molecule has 1 aliphatic carbocycles. The van der Waals surface area contributed by atoms with Gasteiger partial charge in [-0.1, -0.05) is 11.6 Å². The van der Waals surface area contributed by atoms with Crippen LogP contribution < -0.4 is 20.9 Å². The molecule has 6 rings (SSSR count). The number of anilines is 3. The fourth-order valence-electron chi connectivity index (χ4n) is 4.31. The third-order valence-electron chi connectivity index (χ3n) is 6.10. The molecule has 3 aromatic heterocycles. The maximum absolute atomic E-state index is 14.8. The number of fused-ring (bicyclic) bond motifs is 4. The Morgan fingerprint density at radius 2 is 2.12 bits per heavy atom. The molecule has 0 unspecified atom stereocenters. The van der Waals surface area contributed by atoms with Gasteiger partial charge in [0.15, 0.2) is 6.61 Å². The van der Waals surface area contributed by atoms with Crippen LogP contribution in [-0.4, -0.2) is 42.7 Å². The number of nitrogens with one attached hydrogen (secondary N) is 2. The molecule has 0 amide bonds. The second-order valence-corrected chi connectivity index (χ2v) is 8.76. The van der Waals surface area contributed by atoms with Crippen LogP contribution in [0.15, 0.2) is 35.4 Å². The summed E-state index contributed by atoms with van der Waals surface area (Å²) in [6.07, 6.45) is 2.79. The Hall–Kier alpha value is -3.47. The molecule has 2 N–H and O–H groups in total. The average molecular weight is 474 g/mol. The normalized spacial score (nSPS) is 19.6. The molecular weight excluding hydrogens is 456 g/mol. The summed E-state index contributed by atoms with van der Waals surface area (Å²) in [5.41, 5.74) is 1.02. The van der Waals surface area contributed by atoms with Gasteiger partial charge >= 0.3 is 5.92 Å². The van der Waals surface area contributed by atoms with Crippen molar-refractivity contribution < 1.29 is 13.5 Å².